The van der Waals surface area contributed by atoms with Crippen molar-refractivity contribution in [3.63, 3.8) is 0 Å². The van der Waals surface area contributed by atoms with Gasteiger partial charge in [0.15, 0.2) is 0 Å². The highest BCUT2D eigenvalue weighted by molar-refractivity contribution is 5.99. The minimum atomic E-state index is -0.353. The van der Waals surface area contributed by atoms with Crippen LogP contribution in [0.15, 0.2) is 200 Å². The molecule has 0 heteroatoms. The Morgan fingerprint density at radius 1 is 0.354 bits per heavy atom. The summed E-state index contributed by atoms with van der Waals surface area (Å²) in [4.78, 5) is 0. The molecule has 1 atom stereocenters. The second kappa shape index (κ2) is 14.0. The van der Waals surface area contributed by atoms with E-state index in [-0.39, 0.29) is 16.2 Å². The third-order valence-electron chi connectivity index (χ3n) is 16.3. The maximum Gasteiger partial charge on any atom is 0.0728 e. The lowest BCUT2D eigenvalue weighted by Crippen LogP contribution is -2.27. The molecule has 4 aliphatic carbocycles. The van der Waals surface area contributed by atoms with Gasteiger partial charge in [-0.05, 0) is 148 Å². The lowest BCUT2D eigenvalue weighted by molar-refractivity contribution is 0.607. The quantitative estimate of drug-likeness (QED) is 0.143. The van der Waals surface area contributed by atoms with Gasteiger partial charge in [-0.25, -0.2) is 0 Å². The molecule has 0 saturated carbocycles. The summed E-state index contributed by atoms with van der Waals surface area (Å²) < 4.78 is 0. The van der Waals surface area contributed by atoms with E-state index in [9.17, 15) is 0 Å². The first-order valence-corrected chi connectivity index (χ1v) is 23.7. The van der Waals surface area contributed by atoms with Gasteiger partial charge in [-0.3, -0.25) is 0 Å². The zero-order valence-corrected chi connectivity index (χ0v) is 37.8. The zero-order chi connectivity index (χ0) is 43.7. The van der Waals surface area contributed by atoms with Crippen molar-refractivity contribution >= 4 is 0 Å². The number of benzene rings is 9. The van der Waals surface area contributed by atoms with Gasteiger partial charge >= 0.3 is 0 Å². The van der Waals surface area contributed by atoms with Gasteiger partial charge in [-0.2, -0.15) is 0 Å². The molecule has 0 heterocycles. The summed E-state index contributed by atoms with van der Waals surface area (Å²) in [6.45, 7) is 9.69. The van der Waals surface area contributed by atoms with E-state index in [1.165, 1.54) is 117 Å². The topological polar surface area (TPSA) is 0 Å². The first-order chi connectivity index (χ1) is 31.7. The molecule has 0 fully saturated rings. The maximum absolute atomic E-state index is 2.60. The number of aryl methyl sites for hydroxylation is 1. The van der Waals surface area contributed by atoms with E-state index >= 15 is 0 Å². The Labute approximate surface area is 384 Å². The Morgan fingerprint density at radius 3 is 1.54 bits per heavy atom. The normalized spacial score (nSPS) is 15.9. The Balaban J connectivity index is 0.924. The Hall–Kier alpha value is -7.02. The van der Waals surface area contributed by atoms with Gasteiger partial charge in [-0.1, -0.05) is 222 Å². The minimum absolute atomic E-state index is 0.0397. The largest absolute Gasteiger partial charge is 0.0728 e. The fourth-order valence-corrected chi connectivity index (χ4v) is 13.1. The van der Waals surface area contributed by atoms with Gasteiger partial charge in [0.2, 0.25) is 0 Å². The van der Waals surface area contributed by atoms with Gasteiger partial charge in [-0.15, -0.1) is 0 Å². The first kappa shape index (κ1) is 38.4. The number of hydrogen-bond acceptors (Lipinski definition) is 0. The molecule has 0 aromatic heterocycles. The van der Waals surface area contributed by atoms with Crippen molar-refractivity contribution in [3.05, 3.63) is 261 Å². The van der Waals surface area contributed by atoms with E-state index < -0.39 is 0 Å². The molecule has 0 nitrogen and oxygen atoms in total. The fraction of sp³-hybridized carbons (Fsp3) is 0.169. The van der Waals surface area contributed by atoms with Gasteiger partial charge in [0.05, 0.1) is 5.41 Å². The van der Waals surface area contributed by atoms with E-state index in [4.69, 9.17) is 0 Å². The number of hydrogen-bond donors (Lipinski definition) is 0. The van der Waals surface area contributed by atoms with Crippen LogP contribution in [0, 0.1) is 0 Å². The van der Waals surface area contributed by atoms with E-state index in [0.717, 1.165) is 19.3 Å². The van der Waals surface area contributed by atoms with Crippen molar-refractivity contribution < 1.29 is 0 Å². The van der Waals surface area contributed by atoms with Crippen LogP contribution in [-0.2, 0) is 29.1 Å². The van der Waals surface area contributed by atoms with Gasteiger partial charge < -0.3 is 0 Å². The molecular formula is C65H52. The van der Waals surface area contributed by atoms with Gasteiger partial charge in [0.1, 0.15) is 0 Å². The average Bonchev–Trinajstić information content (AvgIpc) is 3.98. The highest BCUT2D eigenvalue weighted by Gasteiger charge is 2.53. The molecule has 0 saturated heterocycles. The molecule has 0 aliphatic heterocycles. The molecule has 0 spiro atoms. The third kappa shape index (κ3) is 5.38. The predicted octanol–water partition coefficient (Wildman–Crippen LogP) is 16.3. The summed E-state index contributed by atoms with van der Waals surface area (Å²) in [5.41, 5.74) is 28.8. The first-order valence-electron chi connectivity index (χ1n) is 23.7. The summed E-state index contributed by atoms with van der Waals surface area (Å²) in [6, 6.07) is 76.8. The molecule has 0 N–H and O–H groups in total. The average molecular weight is 833 g/mol. The number of fused-ring (bicyclic) bond motifs is 12. The summed E-state index contributed by atoms with van der Waals surface area (Å²) in [5, 5.41) is 0. The lowest BCUT2D eigenvalue weighted by Gasteiger charge is -2.33. The molecule has 9 aromatic carbocycles. The van der Waals surface area contributed by atoms with Crippen molar-refractivity contribution in [2.75, 3.05) is 0 Å². The SMILES string of the molecule is CC1(C)c2ccccc2-c2ccc(CC(CCc3ccccc3C34c5ccccc5-c5cccc(c53)-c3ccccc34)c3ccc4c(c3)C(C)(C)c3cc(-c5ccccc5)ccc3-4)cc21. The van der Waals surface area contributed by atoms with Crippen LogP contribution in [-0.4, -0.2) is 0 Å². The smallest absolute Gasteiger partial charge is 0.0622 e. The van der Waals surface area contributed by atoms with Crippen molar-refractivity contribution in [2.24, 2.45) is 0 Å². The van der Waals surface area contributed by atoms with Crippen LogP contribution in [0.25, 0.3) is 55.6 Å². The Morgan fingerprint density at radius 2 is 0.846 bits per heavy atom. The van der Waals surface area contributed by atoms with Crippen molar-refractivity contribution in [1.82, 2.24) is 0 Å². The van der Waals surface area contributed by atoms with Crippen molar-refractivity contribution in [1.29, 1.82) is 0 Å². The number of rotatable bonds is 8. The second-order valence-electron chi connectivity index (χ2n) is 20.3. The van der Waals surface area contributed by atoms with Crippen molar-refractivity contribution in [3.8, 4) is 55.6 Å². The summed E-state index contributed by atoms with van der Waals surface area (Å²) in [6.07, 6.45) is 3.00. The van der Waals surface area contributed by atoms with E-state index in [1.54, 1.807) is 0 Å². The summed E-state index contributed by atoms with van der Waals surface area (Å²) in [5.74, 6) is 0.310. The zero-order valence-electron chi connectivity index (χ0n) is 37.8. The molecule has 312 valence electrons. The second-order valence-corrected chi connectivity index (χ2v) is 20.3. The van der Waals surface area contributed by atoms with Crippen LogP contribution in [0.4, 0.5) is 0 Å². The standard InChI is InChI=1S/C65H52/c1-63(2)56-26-13-9-20-47(56)50-34-29-41(38-59(50)63)37-44(46-33-36-52-51-35-32-45(42-17-6-5-7-18-42)39-60(51)64(3,4)61(52)40-46)31-30-43-19-8-12-25-55(43)65-57-27-14-10-21-48(57)53-23-16-24-54(62(53)65)49-22-11-15-28-58(49)65/h5-29,32-36,38-40,44H,30-31,37H2,1-4H3. The molecule has 13 rings (SSSR count). The minimum Gasteiger partial charge on any atom is -0.0622 e. The summed E-state index contributed by atoms with van der Waals surface area (Å²) in [7, 11) is 0. The molecule has 9 aromatic rings. The highest BCUT2D eigenvalue weighted by atomic mass is 14.5. The fourth-order valence-electron chi connectivity index (χ4n) is 13.1. The van der Waals surface area contributed by atoms with Crippen LogP contribution < -0.4 is 0 Å². The van der Waals surface area contributed by atoms with Crippen LogP contribution in [0.5, 0.6) is 0 Å². The van der Waals surface area contributed by atoms with Crippen LogP contribution in [0.3, 0.4) is 0 Å². The van der Waals surface area contributed by atoms with E-state index in [0.29, 0.717) is 5.92 Å². The lowest BCUT2D eigenvalue weighted by atomic mass is 9.68. The Kier molecular flexibility index (Phi) is 8.27. The van der Waals surface area contributed by atoms with Crippen molar-refractivity contribution in [2.45, 2.75) is 69.1 Å². The molecule has 0 radical (unpaired) electrons. The monoisotopic (exact) mass is 832 g/mol. The van der Waals surface area contributed by atoms with E-state index in [1.807, 2.05) is 0 Å². The van der Waals surface area contributed by atoms with Gasteiger partial charge in [0, 0.05) is 10.8 Å². The van der Waals surface area contributed by atoms with Crippen LogP contribution in [0.2, 0.25) is 0 Å². The molecule has 0 amide bonds. The molecule has 1 unspecified atom stereocenters. The highest BCUT2D eigenvalue weighted by Crippen LogP contribution is 2.64. The van der Waals surface area contributed by atoms with E-state index in [2.05, 4.69) is 228 Å². The molecule has 0 bridgehead atoms. The van der Waals surface area contributed by atoms with Gasteiger partial charge in [0.25, 0.3) is 0 Å². The van der Waals surface area contributed by atoms with Crippen LogP contribution >= 0.6 is 0 Å². The molecular weight excluding hydrogens is 781 g/mol. The maximum atomic E-state index is 2.60. The van der Waals surface area contributed by atoms with Crippen LogP contribution in [0.1, 0.15) is 101 Å². The predicted molar refractivity (Wildman–Crippen MR) is 271 cm³/mol. The third-order valence-corrected chi connectivity index (χ3v) is 16.3. The Bertz CT molecular complexity index is 3350. The molecule has 4 aliphatic rings. The molecule has 65 heavy (non-hydrogen) atoms. The summed E-state index contributed by atoms with van der Waals surface area (Å²) >= 11 is 0.